The number of hydrogen-bond acceptors (Lipinski definition) is 3. The van der Waals surface area contributed by atoms with Crippen LogP contribution < -0.4 is 11.3 Å². The van der Waals surface area contributed by atoms with Crippen molar-refractivity contribution >= 4 is 23.2 Å². The van der Waals surface area contributed by atoms with Gasteiger partial charge in [0.1, 0.15) is 0 Å². The van der Waals surface area contributed by atoms with Crippen LogP contribution in [-0.2, 0) is 6.42 Å². The van der Waals surface area contributed by atoms with Gasteiger partial charge in [0.05, 0.1) is 11.1 Å². The molecule has 0 saturated heterocycles. The molecule has 0 aliphatic rings. The average molecular weight is 296 g/mol. The van der Waals surface area contributed by atoms with Crippen LogP contribution in [0.1, 0.15) is 22.7 Å². The highest BCUT2D eigenvalue weighted by molar-refractivity contribution is 6.31. The number of benzene rings is 1. The first-order chi connectivity index (χ1) is 9.11. The standard InChI is InChI=1S/C14H15Cl2N3/c1-9-2-3-11(15)7-12(9)14(19-17)6-10-4-5-18-8-13(10)16/h2-5,7-8,14,19H,6,17H2,1H3. The largest absolute Gasteiger partial charge is 0.271 e. The summed E-state index contributed by atoms with van der Waals surface area (Å²) in [6.45, 7) is 2.03. The van der Waals surface area contributed by atoms with E-state index in [9.17, 15) is 0 Å². The van der Waals surface area contributed by atoms with Gasteiger partial charge in [-0.25, -0.2) is 0 Å². The Morgan fingerprint density at radius 2 is 2.11 bits per heavy atom. The second-order valence-electron chi connectivity index (χ2n) is 4.39. The number of nitrogens with zero attached hydrogens (tertiary/aromatic N) is 1. The summed E-state index contributed by atoms with van der Waals surface area (Å²) in [7, 11) is 0. The van der Waals surface area contributed by atoms with E-state index in [2.05, 4.69) is 10.4 Å². The number of aryl methyl sites for hydroxylation is 1. The first-order valence-electron chi connectivity index (χ1n) is 5.92. The van der Waals surface area contributed by atoms with Gasteiger partial charge in [-0.05, 0) is 48.2 Å². The molecule has 19 heavy (non-hydrogen) atoms. The summed E-state index contributed by atoms with van der Waals surface area (Å²) < 4.78 is 0. The molecule has 1 unspecified atom stereocenters. The minimum atomic E-state index is -0.0430. The Morgan fingerprint density at radius 3 is 2.79 bits per heavy atom. The molecule has 100 valence electrons. The summed E-state index contributed by atoms with van der Waals surface area (Å²) in [6, 6.07) is 7.63. The molecule has 0 saturated carbocycles. The van der Waals surface area contributed by atoms with Gasteiger partial charge in [-0.3, -0.25) is 16.3 Å². The highest BCUT2D eigenvalue weighted by Gasteiger charge is 2.15. The van der Waals surface area contributed by atoms with Gasteiger partial charge in [0.2, 0.25) is 0 Å². The molecule has 0 spiro atoms. The normalized spacial score (nSPS) is 12.4. The van der Waals surface area contributed by atoms with Crippen LogP contribution in [0.25, 0.3) is 0 Å². The van der Waals surface area contributed by atoms with E-state index in [4.69, 9.17) is 29.0 Å². The van der Waals surface area contributed by atoms with Crippen LogP contribution in [0.3, 0.4) is 0 Å². The van der Waals surface area contributed by atoms with E-state index in [0.717, 1.165) is 16.7 Å². The molecule has 0 radical (unpaired) electrons. The van der Waals surface area contributed by atoms with Crippen molar-refractivity contribution in [3.63, 3.8) is 0 Å². The van der Waals surface area contributed by atoms with Crippen molar-refractivity contribution in [2.45, 2.75) is 19.4 Å². The minimum absolute atomic E-state index is 0.0430. The molecule has 0 bridgehead atoms. The van der Waals surface area contributed by atoms with Gasteiger partial charge in [-0.2, -0.15) is 0 Å². The molecule has 5 heteroatoms. The highest BCUT2D eigenvalue weighted by Crippen LogP contribution is 2.26. The Bertz CT molecular complexity index is 572. The fourth-order valence-corrected chi connectivity index (χ4v) is 2.41. The molecule has 2 aromatic rings. The van der Waals surface area contributed by atoms with Crippen LogP contribution in [0.2, 0.25) is 10.0 Å². The summed E-state index contributed by atoms with van der Waals surface area (Å²) in [6.07, 6.45) is 4.04. The molecule has 1 heterocycles. The van der Waals surface area contributed by atoms with Crippen LogP contribution in [-0.4, -0.2) is 4.98 Å². The Balaban J connectivity index is 2.30. The van der Waals surface area contributed by atoms with Crippen molar-refractivity contribution in [2.24, 2.45) is 5.84 Å². The molecule has 0 amide bonds. The summed E-state index contributed by atoms with van der Waals surface area (Å²) >= 11 is 12.2. The average Bonchev–Trinajstić information content (AvgIpc) is 2.41. The van der Waals surface area contributed by atoms with Gasteiger partial charge in [0.15, 0.2) is 0 Å². The van der Waals surface area contributed by atoms with E-state index in [1.54, 1.807) is 12.4 Å². The Kier molecular flexibility index (Phi) is 4.77. The zero-order valence-electron chi connectivity index (χ0n) is 10.5. The smallest absolute Gasteiger partial charge is 0.0622 e. The van der Waals surface area contributed by atoms with Crippen LogP contribution in [0.5, 0.6) is 0 Å². The number of halogens is 2. The Labute approximate surface area is 122 Å². The van der Waals surface area contributed by atoms with Crippen LogP contribution >= 0.6 is 23.2 Å². The topological polar surface area (TPSA) is 50.9 Å². The van der Waals surface area contributed by atoms with Gasteiger partial charge < -0.3 is 0 Å². The second kappa shape index (κ2) is 6.35. The Hall–Kier alpha value is -1.13. The maximum Gasteiger partial charge on any atom is 0.0622 e. The van der Waals surface area contributed by atoms with Gasteiger partial charge >= 0.3 is 0 Å². The number of hydrogen-bond donors (Lipinski definition) is 2. The van der Waals surface area contributed by atoms with Crippen molar-refractivity contribution in [3.8, 4) is 0 Å². The Morgan fingerprint density at radius 1 is 1.32 bits per heavy atom. The van der Waals surface area contributed by atoms with Crippen molar-refractivity contribution in [1.29, 1.82) is 0 Å². The van der Waals surface area contributed by atoms with Crippen molar-refractivity contribution in [2.75, 3.05) is 0 Å². The quantitative estimate of drug-likeness (QED) is 0.671. The molecule has 3 nitrogen and oxygen atoms in total. The number of rotatable bonds is 4. The van der Waals surface area contributed by atoms with Gasteiger partial charge in [0, 0.05) is 17.4 Å². The van der Waals surface area contributed by atoms with E-state index >= 15 is 0 Å². The monoisotopic (exact) mass is 295 g/mol. The SMILES string of the molecule is Cc1ccc(Cl)cc1C(Cc1ccncc1Cl)NN. The van der Waals surface area contributed by atoms with Crippen LogP contribution in [0, 0.1) is 6.92 Å². The fourth-order valence-electron chi connectivity index (χ4n) is 2.03. The minimum Gasteiger partial charge on any atom is -0.271 e. The lowest BCUT2D eigenvalue weighted by Gasteiger charge is -2.19. The van der Waals surface area contributed by atoms with Gasteiger partial charge in [-0.15, -0.1) is 0 Å². The predicted molar refractivity (Wildman–Crippen MR) is 79.2 cm³/mol. The van der Waals surface area contributed by atoms with Gasteiger partial charge in [0.25, 0.3) is 0 Å². The fraction of sp³-hybridized carbons (Fsp3) is 0.214. The zero-order chi connectivity index (χ0) is 13.8. The lowest BCUT2D eigenvalue weighted by atomic mass is 9.96. The number of nitrogens with one attached hydrogen (secondary N) is 1. The molecular weight excluding hydrogens is 281 g/mol. The maximum atomic E-state index is 6.13. The first kappa shape index (κ1) is 14.3. The van der Waals surface area contributed by atoms with Crippen molar-refractivity contribution < 1.29 is 0 Å². The van der Waals surface area contributed by atoms with E-state index in [0.29, 0.717) is 16.5 Å². The highest BCUT2D eigenvalue weighted by atomic mass is 35.5. The van der Waals surface area contributed by atoms with Gasteiger partial charge in [-0.1, -0.05) is 29.3 Å². The summed E-state index contributed by atoms with van der Waals surface area (Å²) in [5, 5.41) is 1.34. The number of nitrogens with two attached hydrogens (primary N) is 1. The molecule has 3 N–H and O–H groups in total. The molecular formula is C14H15Cl2N3. The molecule has 2 rings (SSSR count). The summed E-state index contributed by atoms with van der Waals surface area (Å²) in [4.78, 5) is 3.98. The summed E-state index contributed by atoms with van der Waals surface area (Å²) in [5.74, 6) is 5.67. The van der Waals surface area contributed by atoms with Crippen LogP contribution in [0.15, 0.2) is 36.7 Å². The molecule has 1 aromatic carbocycles. The van der Waals surface area contributed by atoms with E-state index in [1.165, 1.54) is 0 Å². The third kappa shape index (κ3) is 3.45. The van der Waals surface area contributed by atoms with E-state index in [1.807, 2.05) is 31.2 Å². The number of pyridine rings is 1. The lowest BCUT2D eigenvalue weighted by Crippen LogP contribution is -2.30. The first-order valence-corrected chi connectivity index (χ1v) is 6.68. The van der Waals surface area contributed by atoms with E-state index < -0.39 is 0 Å². The third-order valence-corrected chi connectivity index (χ3v) is 3.67. The third-order valence-electron chi connectivity index (χ3n) is 3.10. The molecule has 0 fully saturated rings. The number of hydrazine groups is 1. The predicted octanol–water partition coefficient (Wildman–Crippen LogP) is 3.44. The molecule has 1 atom stereocenters. The van der Waals surface area contributed by atoms with Crippen LogP contribution in [0.4, 0.5) is 0 Å². The second-order valence-corrected chi connectivity index (χ2v) is 5.24. The van der Waals surface area contributed by atoms with E-state index in [-0.39, 0.29) is 6.04 Å². The number of aromatic nitrogens is 1. The molecule has 0 aliphatic carbocycles. The van der Waals surface area contributed by atoms with Crippen molar-refractivity contribution in [1.82, 2.24) is 10.4 Å². The molecule has 1 aromatic heterocycles. The zero-order valence-corrected chi connectivity index (χ0v) is 12.0. The summed E-state index contributed by atoms with van der Waals surface area (Å²) in [5.41, 5.74) is 6.03. The molecule has 0 aliphatic heterocycles. The maximum absolute atomic E-state index is 6.13. The van der Waals surface area contributed by atoms with Crippen molar-refractivity contribution in [3.05, 3.63) is 63.4 Å². The lowest BCUT2D eigenvalue weighted by molar-refractivity contribution is 0.549.